The van der Waals surface area contributed by atoms with Gasteiger partial charge in [-0.15, -0.1) is 0 Å². The summed E-state index contributed by atoms with van der Waals surface area (Å²) in [7, 11) is 1.82. The van der Waals surface area contributed by atoms with E-state index in [0.717, 1.165) is 11.3 Å². The summed E-state index contributed by atoms with van der Waals surface area (Å²) in [6.45, 7) is 1.95. The molecule has 2 rings (SSSR count). The molecule has 1 aromatic carbocycles. The lowest BCUT2D eigenvalue weighted by Crippen LogP contribution is -2.22. The van der Waals surface area contributed by atoms with Crippen molar-refractivity contribution in [3.8, 4) is 0 Å². The molecule has 0 aromatic heterocycles. The Balaban J connectivity index is 2.59. The van der Waals surface area contributed by atoms with E-state index in [1.165, 1.54) is 0 Å². The van der Waals surface area contributed by atoms with Crippen molar-refractivity contribution in [1.82, 2.24) is 0 Å². The molecule has 1 atom stereocenters. The zero-order chi connectivity index (χ0) is 8.72. The highest BCUT2D eigenvalue weighted by atomic mass is 16.2. The van der Waals surface area contributed by atoms with Gasteiger partial charge in [0.2, 0.25) is 5.91 Å². The number of fused-ring (bicyclic) bond motifs is 1. The van der Waals surface area contributed by atoms with Gasteiger partial charge in [-0.2, -0.15) is 0 Å². The number of para-hydroxylation sites is 1. The van der Waals surface area contributed by atoms with Crippen LogP contribution in [0.2, 0.25) is 0 Å². The summed E-state index contributed by atoms with van der Waals surface area (Å²) in [6, 6.07) is 7.93. The van der Waals surface area contributed by atoms with E-state index in [1.54, 1.807) is 4.90 Å². The number of carbonyl (C=O) groups is 1. The van der Waals surface area contributed by atoms with Crippen LogP contribution in [0.25, 0.3) is 0 Å². The molecule has 0 N–H and O–H groups in total. The molecule has 1 unspecified atom stereocenters. The van der Waals surface area contributed by atoms with Crippen LogP contribution in [0.5, 0.6) is 0 Å². The third-order valence-electron chi connectivity index (χ3n) is 2.47. The van der Waals surface area contributed by atoms with Gasteiger partial charge in [-0.3, -0.25) is 4.79 Å². The lowest BCUT2D eigenvalue weighted by molar-refractivity contribution is -0.118. The Kier molecular flexibility index (Phi) is 1.43. The first-order chi connectivity index (χ1) is 5.72. The predicted molar refractivity (Wildman–Crippen MR) is 48.3 cm³/mol. The standard InChI is InChI=1S/C10H11NO/c1-7-8-5-3-4-6-9(8)11(2)10(7)12/h3-7H,1-2H3. The molecule has 1 amide bonds. The molecular weight excluding hydrogens is 150 g/mol. The van der Waals surface area contributed by atoms with Crippen molar-refractivity contribution in [2.24, 2.45) is 0 Å². The first kappa shape index (κ1) is 7.35. The second kappa shape index (κ2) is 2.34. The van der Waals surface area contributed by atoms with Gasteiger partial charge < -0.3 is 4.90 Å². The van der Waals surface area contributed by atoms with Gasteiger partial charge in [0.15, 0.2) is 0 Å². The average Bonchev–Trinajstić information content (AvgIpc) is 2.33. The minimum absolute atomic E-state index is 0.0335. The summed E-state index contributed by atoms with van der Waals surface area (Å²) in [6.07, 6.45) is 0. The van der Waals surface area contributed by atoms with Gasteiger partial charge >= 0.3 is 0 Å². The van der Waals surface area contributed by atoms with Crippen molar-refractivity contribution < 1.29 is 4.79 Å². The summed E-state index contributed by atoms with van der Waals surface area (Å²) in [5.74, 6) is 0.224. The summed E-state index contributed by atoms with van der Waals surface area (Å²) >= 11 is 0. The molecular formula is C10H11NO. The SMILES string of the molecule is CC1C(=O)N(C)c2ccccc21. The zero-order valence-corrected chi connectivity index (χ0v) is 7.24. The third kappa shape index (κ3) is 0.779. The molecule has 1 heterocycles. The highest BCUT2D eigenvalue weighted by molar-refractivity contribution is 6.04. The Morgan fingerprint density at radius 2 is 2.00 bits per heavy atom. The molecule has 1 aromatic rings. The Labute approximate surface area is 71.8 Å². The normalized spacial score (nSPS) is 21.3. The molecule has 2 nitrogen and oxygen atoms in total. The zero-order valence-electron chi connectivity index (χ0n) is 7.24. The Morgan fingerprint density at radius 1 is 1.33 bits per heavy atom. The van der Waals surface area contributed by atoms with Crippen molar-refractivity contribution in [2.75, 3.05) is 11.9 Å². The number of benzene rings is 1. The van der Waals surface area contributed by atoms with Crippen LogP contribution in [0.1, 0.15) is 18.4 Å². The second-order valence-electron chi connectivity index (χ2n) is 3.18. The van der Waals surface area contributed by atoms with Crippen LogP contribution in [0.4, 0.5) is 5.69 Å². The van der Waals surface area contributed by atoms with Crippen molar-refractivity contribution in [3.05, 3.63) is 29.8 Å². The van der Waals surface area contributed by atoms with E-state index in [2.05, 4.69) is 0 Å². The number of rotatable bonds is 0. The van der Waals surface area contributed by atoms with Gasteiger partial charge in [-0.25, -0.2) is 0 Å². The molecule has 0 saturated carbocycles. The van der Waals surface area contributed by atoms with Gasteiger partial charge in [0.25, 0.3) is 0 Å². The van der Waals surface area contributed by atoms with Crippen LogP contribution in [0.15, 0.2) is 24.3 Å². The van der Waals surface area contributed by atoms with Crippen LogP contribution in [-0.2, 0) is 4.79 Å². The molecule has 0 saturated heterocycles. The third-order valence-corrected chi connectivity index (χ3v) is 2.47. The average molecular weight is 161 g/mol. The maximum absolute atomic E-state index is 11.5. The first-order valence-electron chi connectivity index (χ1n) is 4.08. The molecule has 0 aliphatic carbocycles. The lowest BCUT2D eigenvalue weighted by Gasteiger charge is -2.08. The Morgan fingerprint density at radius 3 is 2.67 bits per heavy atom. The monoisotopic (exact) mass is 161 g/mol. The fourth-order valence-corrected chi connectivity index (χ4v) is 1.70. The quantitative estimate of drug-likeness (QED) is 0.567. The van der Waals surface area contributed by atoms with E-state index in [-0.39, 0.29) is 11.8 Å². The van der Waals surface area contributed by atoms with Gasteiger partial charge in [0.05, 0.1) is 5.92 Å². The van der Waals surface area contributed by atoms with Crippen molar-refractivity contribution in [1.29, 1.82) is 0 Å². The van der Waals surface area contributed by atoms with Crippen LogP contribution >= 0.6 is 0 Å². The number of amides is 1. The molecule has 0 bridgehead atoms. The Hall–Kier alpha value is -1.31. The van der Waals surface area contributed by atoms with Gasteiger partial charge in [0, 0.05) is 12.7 Å². The van der Waals surface area contributed by atoms with Crippen molar-refractivity contribution >= 4 is 11.6 Å². The topological polar surface area (TPSA) is 20.3 Å². The molecule has 12 heavy (non-hydrogen) atoms. The predicted octanol–water partition coefficient (Wildman–Crippen LogP) is 1.77. The molecule has 62 valence electrons. The smallest absolute Gasteiger partial charge is 0.234 e. The molecule has 0 spiro atoms. The number of carbonyl (C=O) groups excluding carboxylic acids is 1. The summed E-state index contributed by atoms with van der Waals surface area (Å²) in [5, 5.41) is 0. The van der Waals surface area contributed by atoms with E-state index >= 15 is 0 Å². The van der Waals surface area contributed by atoms with Crippen LogP contribution in [0.3, 0.4) is 0 Å². The van der Waals surface area contributed by atoms with E-state index in [4.69, 9.17) is 0 Å². The molecule has 1 aliphatic heterocycles. The number of hydrogen-bond donors (Lipinski definition) is 0. The second-order valence-corrected chi connectivity index (χ2v) is 3.18. The van der Waals surface area contributed by atoms with Gasteiger partial charge in [-0.1, -0.05) is 18.2 Å². The molecule has 0 fully saturated rings. The van der Waals surface area contributed by atoms with Crippen molar-refractivity contribution in [3.63, 3.8) is 0 Å². The highest BCUT2D eigenvalue weighted by Crippen LogP contribution is 2.35. The summed E-state index contributed by atoms with van der Waals surface area (Å²) < 4.78 is 0. The van der Waals surface area contributed by atoms with Crippen LogP contribution in [-0.4, -0.2) is 13.0 Å². The number of likely N-dealkylation sites (N-methyl/N-ethyl adjacent to an activating group) is 1. The molecule has 1 aliphatic rings. The molecule has 2 heteroatoms. The fourth-order valence-electron chi connectivity index (χ4n) is 1.70. The highest BCUT2D eigenvalue weighted by Gasteiger charge is 2.30. The largest absolute Gasteiger partial charge is 0.315 e. The van der Waals surface area contributed by atoms with Crippen LogP contribution in [0, 0.1) is 0 Å². The summed E-state index contributed by atoms with van der Waals surface area (Å²) in [4.78, 5) is 13.2. The van der Waals surface area contributed by atoms with E-state index in [0.29, 0.717) is 0 Å². The van der Waals surface area contributed by atoms with E-state index < -0.39 is 0 Å². The Bertz CT molecular complexity index is 301. The first-order valence-corrected chi connectivity index (χ1v) is 4.08. The number of nitrogens with zero attached hydrogens (tertiary/aromatic N) is 1. The van der Waals surface area contributed by atoms with Crippen LogP contribution < -0.4 is 4.90 Å². The molecule has 0 radical (unpaired) electrons. The lowest BCUT2D eigenvalue weighted by atomic mass is 10.0. The van der Waals surface area contributed by atoms with Crippen molar-refractivity contribution in [2.45, 2.75) is 12.8 Å². The number of hydrogen-bond acceptors (Lipinski definition) is 1. The van der Waals surface area contributed by atoms with E-state index in [9.17, 15) is 4.79 Å². The maximum Gasteiger partial charge on any atom is 0.234 e. The van der Waals surface area contributed by atoms with Gasteiger partial charge in [0.1, 0.15) is 0 Å². The number of anilines is 1. The fraction of sp³-hybridized carbons (Fsp3) is 0.300. The van der Waals surface area contributed by atoms with Gasteiger partial charge in [-0.05, 0) is 18.6 Å². The minimum atomic E-state index is 0.0335. The summed E-state index contributed by atoms with van der Waals surface area (Å²) in [5.41, 5.74) is 2.19. The maximum atomic E-state index is 11.5. The minimum Gasteiger partial charge on any atom is -0.315 e. The van der Waals surface area contributed by atoms with E-state index in [1.807, 2.05) is 38.2 Å².